The van der Waals surface area contributed by atoms with Crippen molar-refractivity contribution in [2.24, 2.45) is 5.92 Å². The maximum atomic E-state index is 3.92. The minimum absolute atomic E-state index is 0.613. The third-order valence-electron chi connectivity index (χ3n) is 4.12. The lowest BCUT2D eigenvalue weighted by Gasteiger charge is -2.36. The summed E-state index contributed by atoms with van der Waals surface area (Å²) in [6, 6.07) is 1.34. The van der Waals surface area contributed by atoms with Crippen molar-refractivity contribution in [1.82, 2.24) is 14.9 Å². The van der Waals surface area contributed by atoms with E-state index in [0.717, 1.165) is 17.0 Å². The van der Waals surface area contributed by atoms with Gasteiger partial charge in [-0.15, -0.1) is 5.10 Å². The van der Waals surface area contributed by atoms with Gasteiger partial charge < -0.3 is 10.6 Å². The molecule has 0 amide bonds. The van der Waals surface area contributed by atoms with E-state index >= 15 is 0 Å². The Labute approximate surface area is 106 Å². The Morgan fingerprint density at radius 3 is 2.94 bits per heavy atom. The summed E-state index contributed by atoms with van der Waals surface area (Å²) in [4.78, 5) is 0. The van der Waals surface area contributed by atoms with Crippen molar-refractivity contribution in [2.45, 2.75) is 50.6 Å². The SMILES string of the molecule is c1nnsc1NC1CCCCC1C1CCCN1. The fourth-order valence-corrected chi connectivity index (χ4v) is 3.79. The average molecular weight is 252 g/mol. The topological polar surface area (TPSA) is 49.8 Å². The maximum absolute atomic E-state index is 3.92. The molecule has 3 rings (SSSR count). The van der Waals surface area contributed by atoms with Gasteiger partial charge in [0.15, 0.2) is 0 Å². The van der Waals surface area contributed by atoms with Gasteiger partial charge in [0.05, 0.1) is 6.20 Å². The van der Waals surface area contributed by atoms with Crippen LogP contribution in [0.3, 0.4) is 0 Å². The van der Waals surface area contributed by atoms with E-state index in [1.54, 1.807) is 0 Å². The fourth-order valence-electron chi connectivity index (χ4n) is 3.31. The van der Waals surface area contributed by atoms with Crippen LogP contribution >= 0.6 is 11.5 Å². The molecule has 4 nitrogen and oxygen atoms in total. The molecule has 1 aliphatic carbocycles. The van der Waals surface area contributed by atoms with Crippen molar-refractivity contribution >= 4 is 16.5 Å². The Morgan fingerprint density at radius 1 is 1.24 bits per heavy atom. The molecule has 1 aromatic rings. The minimum Gasteiger partial charge on any atom is -0.371 e. The van der Waals surface area contributed by atoms with Crippen LogP contribution in [0.5, 0.6) is 0 Å². The van der Waals surface area contributed by atoms with E-state index in [-0.39, 0.29) is 0 Å². The molecule has 0 spiro atoms. The molecule has 2 fully saturated rings. The predicted octanol–water partition coefficient (Wildman–Crippen LogP) is 2.26. The largest absolute Gasteiger partial charge is 0.371 e. The molecule has 1 saturated carbocycles. The zero-order valence-corrected chi connectivity index (χ0v) is 10.9. The van der Waals surface area contributed by atoms with Crippen LogP contribution in [0, 0.1) is 5.92 Å². The van der Waals surface area contributed by atoms with Gasteiger partial charge in [-0.3, -0.25) is 0 Å². The molecule has 3 unspecified atom stereocenters. The van der Waals surface area contributed by atoms with Gasteiger partial charge in [0.1, 0.15) is 5.00 Å². The highest BCUT2D eigenvalue weighted by atomic mass is 32.1. The first-order valence-electron chi connectivity index (χ1n) is 6.71. The lowest BCUT2D eigenvalue weighted by atomic mass is 9.79. The smallest absolute Gasteiger partial charge is 0.130 e. The van der Waals surface area contributed by atoms with Crippen molar-refractivity contribution < 1.29 is 0 Å². The fraction of sp³-hybridized carbons (Fsp3) is 0.833. The molecule has 2 N–H and O–H groups in total. The Kier molecular flexibility index (Phi) is 3.57. The van der Waals surface area contributed by atoms with Crippen molar-refractivity contribution in [1.29, 1.82) is 0 Å². The highest BCUT2D eigenvalue weighted by molar-refractivity contribution is 7.09. The summed E-state index contributed by atoms with van der Waals surface area (Å²) in [6.07, 6.45) is 9.94. The van der Waals surface area contributed by atoms with Gasteiger partial charge in [-0.05, 0) is 38.1 Å². The van der Waals surface area contributed by atoms with E-state index in [1.807, 2.05) is 6.20 Å². The molecule has 1 saturated heterocycles. The molecule has 17 heavy (non-hydrogen) atoms. The summed E-state index contributed by atoms with van der Waals surface area (Å²) in [5, 5.41) is 12.3. The second kappa shape index (κ2) is 5.31. The second-order valence-corrected chi connectivity index (χ2v) is 5.97. The number of rotatable bonds is 3. The van der Waals surface area contributed by atoms with Crippen LogP contribution in [0.25, 0.3) is 0 Å². The van der Waals surface area contributed by atoms with Gasteiger partial charge in [0.25, 0.3) is 0 Å². The lowest BCUT2D eigenvalue weighted by Crippen LogP contribution is -2.43. The van der Waals surface area contributed by atoms with Gasteiger partial charge in [0, 0.05) is 23.6 Å². The first kappa shape index (κ1) is 11.4. The Bertz CT molecular complexity index is 334. The van der Waals surface area contributed by atoms with Crippen molar-refractivity contribution in [3.63, 3.8) is 0 Å². The van der Waals surface area contributed by atoms with Gasteiger partial charge in [0.2, 0.25) is 0 Å². The second-order valence-electron chi connectivity index (χ2n) is 5.18. The molecule has 0 radical (unpaired) electrons. The Morgan fingerprint density at radius 2 is 2.18 bits per heavy atom. The van der Waals surface area contributed by atoms with Crippen LogP contribution in [0.15, 0.2) is 6.20 Å². The molecular weight excluding hydrogens is 232 g/mol. The average Bonchev–Trinajstić information content (AvgIpc) is 3.01. The third-order valence-corrected chi connectivity index (χ3v) is 4.72. The van der Waals surface area contributed by atoms with Crippen molar-refractivity contribution in [2.75, 3.05) is 11.9 Å². The van der Waals surface area contributed by atoms with E-state index in [2.05, 4.69) is 20.2 Å². The summed E-state index contributed by atoms with van der Waals surface area (Å²) in [7, 11) is 0. The number of hydrogen-bond donors (Lipinski definition) is 2. The van der Waals surface area contributed by atoms with Gasteiger partial charge >= 0.3 is 0 Å². The maximum Gasteiger partial charge on any atom is 0.130 e. The Hall–Kier alpha value is -0.680. The zero-order chi connectivity index (χ0) is 11.5. The van der Waals surface area contributed by atoms with E-state index in [9.17, 15) is 0 Å². The van der Waals surface area contributed by atoms with Gasteiger partial charge in [-0.1, -0.05) is 17.3 Å². The molecule has 2 heterocycles. The third kappa shape index (κ3) is 2.60. The standard InChI is InChI=1S/C12H20N4S/c1-2-5-11(15-12-8-14-16-17-12)9(4-1)10-6-3-7-13-10/h8-11,13,15H,1-7H2. The summed E-state index contributed by atoms with van der Waals surface area (Å²) in [5.41, 5.74) is 0. The summed E-state index contributed by atoms with van der Waals surface area (Å²) >= 11 is 1.47. The molecule has 0 bridgehead atoms. The molecule has 3 atom stereocenters. The summed E-state index contributed by atoms with van der Waals surface area (Å²) < 4.78 is 3.92. The van der Waals surface area contributed by atoms with E-state index in [1.165, 1.54) is 56.6 Å². The number of anilines is 1. The molecule has 1 aromatic heterocycles. The zero-order valence-electron chi connectivity index (χ0n) is 10.1. The summed E-state index contributed by atoms with van der Waals surface area (Å²) in [5.74, 6) is 0.786. The number of hydrogen-bond acceptors (Lipinski definition) is 5. The normalized spacial score (nSPS) is 33.8. The quantitative estimate of drug-likeness (QED) is 0.866. The first-order valence-corrected chi connectivity index (χ1v) is 7.48. The van der Waals surface area contributed by atoms with Crippen molar-refractivity contribution in [3.8, 4) is 0 Å². The van der Waals surface area contributed by atoms with E-state index in [0.29, 0.717) is 6.04 Å². The van der Waals surface area contributed by atoms with Crippen LogP contribution < -0.4 is 10.6 Å². The van der Waals surface area contributed by atoms with Crippen LogP contribution in [-0.2, 0) is 0 Å². The van der Waals surface area contributed by atoms with Crippen LogP contribution in [0.1, 0.15) is 38.5 Å². The van der Waals surface area contributed by atoms with Crippen molar-refractivity contribution in [3.05, 3.63) is 6.20 Å². The number of nitrogens with zero attached hydrogens (tertiary/aromatic N) is 2. The van der Waals surface area contributed by atoms with Gasteiger partial charge in [-0.2, -0.15) is 0 Å². The molecule has 1 aliphatic heterocycles. The highest BCUT2D eigenvalue weighted by Gasteiger charge is 2.33. The van der Waals surface area contributed by atoms with Crippen LogP contribution in [0.2, 0.25) is 0 Å². The monoisotopic (exact) mass is 252 g/mol. The lowest BCUT2D eigenvalue weighted by molar-refractivity contribution is 0.263. The molecule has 0 aromatic carbocycles. The Balaban J connectivity index is 1.66. The molecule has 5 heteroatoms. The number of aromatic nitrogens is 2. The molecular formula is C12H20N4S. The van der Waals surface area contributed by atoms with Crippen LogP contribution in [-0.4, -0.2) is 28.2 Å². The summed E-state index contributed by atoms with van der Waals surface area (Å²) in [6.45, 7) is 1.20. The predicted molar refractivity (Wildman–Crippen MR) is 70.3 cm³/mol. The minimum atomic E-state index is 0.613. The van der Waals surface area contributed by atoms with Gasteiger partial charge in [-0.25, -0.2) is 0 Å². The van der Waals surface area contributed by atoms with E-state index in [4.69, 9.17) is 0 Å². The van der Waals surface area contributed by atoms with E-state index < -0.39 is 0 Å². The van der Waals surface area contributed by atoms with Crippen LogP contribution in [0.4, 0.5) is 5.00 Å². The first-order chi connectivity index (χ1) is 8.43. The number of nitrogens with one attached hydrogen (secondary N) is 2. The highest BCUT2D eigenvalue weighted by Crippen LogP contribution is 2.32. The molecule has 94 valence electrons. The molecule has 2 aliphatic rings.